The van der Waals surface area contributed by atoms with Crippen molar-refractivity contribution in [1.82, 2.24) is 4.90 Å². The topological polar surface area (TPSA) is 66.8 Å². The molecule has 0 aromatic rings. The highest BCUT2D eigenvalue weighted by Gasteiger charge is 2.29. The van der Waals surface area contributed by atoms with Crippen LogP contribution in [0.5, 0.6) is 0 Å². The number of aliphatic carboxylic acids is 1. The molecule has 1 rings (SSSR count). The number of hydrogen-bond donors (Lipinski definition) is 1. The largest absolute Gasteiger partial charge is 0.481 e. The van der Waals surface area contributed by atoms with Crippen molar-refractivity contribution in [1.29, 1.82) is 0 Å². The molecule has 5 heteroatoms. The van der Waals surface area contributed by atoms with Gasteiger partial charge < -0.3 is 14.7 Å². The molecule has 0 aromatic carbocycles. The van der Waals surface area contributed by atoms with Crippen molar-refractivity contribution >= 4 is 12.1 Å². The number of rotatable bonds is 4. The highest BCUT2D eigenvalue weighted by Crippen LogP contribution is 2.24. The van der Waals surface area contributed by atoms with Crippen LogP contribution in [-0.4, -0.2) is 41.8 Å². The van der Waals surface area contributed by atoms with E-state index in [-0.39, 0.29) is 25.0 Å². The van der Waals surface area contributed by atoms with Gasteiger partial charge in [0.05, 0.1) is 0 Å². The van der Waals surface area contributed by atoms with E-state index in [1.54, 1.807) is 4.90 Å². The molecule has 1 aliphatic rings. The first-order chi connectivity index (χ1) is 8.02. The Labute approximate surface area is 101 Å². The first-order valence-electron chi connectivity index (χ1n) is 5.77. The van der Waals surface area contributed by atoms with E-state index in [0.29, 0.717) is 19.0 Å². The molecule has 1 saturated heterocycles. The van der Waals surface area contributed by atoms with Crippen molar-refractivity contribution in [3.8, 4) is 0 Å². The molecule has 1 aliphatic heterocycles. The van der Waals surface area contributed by atoms with Gasteiger partial charge in [0.15, 0.2) is 0 Å². The lowest BCUT2D eigenvalue weighted by molar-refractivity contribution is -0.138. The summed E-state index contributed by atoms with van der Waals surface area (Å²) in [6, 6.07) is 0. The Morgan fingerprint density at radius 2 is 2.24 bits per heavy atom. The molecule has 0 spiro atoms. The number of hydrogen-bond acceptors (Lipinski definition) is 3. The molecule has 0 aliphatic carbocycles. The molecule has 0 radical (unpaired) electrons. The standard InChI is InChI=1S/C12H19NO4/c1-3-4-17-12(16)13-7-9(2)5-10(8-13)6-11(14)15/h3,9-10H,1,4-8H2,2H3,(H,14,15). The third kappa shape index (κ3) is 4.46. The molecule has 96 valence electrons. The molecule has 1 fully saturated rings. The van der Waals surface area contributed by atoms with Crippen LogP contribution in [0.4, 0.5) is 4.79 Å². The van der Waals surface area contributed by atoms with E-state index >= 15 is 0 Å². The lowest BCUT2D eigenvalue weighted by Gasteiger charge is -2.35. The molecule has 5 nitrogen and oxygen atoms in total. The smallest absolute Gasteiger partial charge is 0.410 e. The molecule has 2 atom stereocenters. The van der Waals surface area contributed by atoms with Crippen molar-refractivity contribution in [3.63, 3.8) is 0 Å². The highest BCUT2D eigenvalue weighted by atomic mass is 16.6. The average Bonchev–Trinajstić information content (AvgIpc) is 2.24. The molecule has 0 bridgehead atoms. The summed E-state index contributed by atoms with van der Waals surface area (Å²) in [6.07, 6.45) is 2.08. The van der Waals surface area contributed by atoms with E-state index in [2.05, 4.69) is 6.58 Å². The molecule has 17 heavy (non-hydrogen) atoms. The summed E-state index contributed by atoms with van der Waals surface area (Å²) in [5.74, 6) is -0.486. The Hall–Kier alpha value is -1.52. The van der Waals surface area contributed by atoms with Crippen LogP contribution in [0.1, 0.15) is 19.8 Å². The van der Waals surface area contributed by atoms with E-state index in [9.17, 15) is 9.59 Å². The number of carboxylic acid groups (broad SMARTS) is 1. The van der Waals surface area contributed by atoms with Crippen LogP contribution in [0.2, 0.25) is 0 Å². The summed E-state index contributed by atoms with van der Waals surface area (Å²) in [7, 11) is 0. The Morgan fingerprint density at radius 1 is 1.53 bits per heavy atom. The summed E-state index contributed by atoms with van der Waals surface area (Å²) in [4.78, 5) is 23.9. The minimum atomic E-state index is -0.816. The Morgan fingerprint density at radius 3 is 2.82 bits per heavy atom. The number of nitrogens with zero attached hydrogens (tertiary/aromatic N) is 1. The second kappa shape index (κ2) is 6.27. The van der Waals surface area contributed by atoms with Crippen molar-refractivity contribution in [2.75, 3.05) is 19.7 Å². The predicted molar refractivity (Wildman–Crippen MR) is 62.6 cm³/mol. The number of carbonyl (C=O) groups excluding carboxylic acids is 1. The fourth-order valence-corrected chi connectivity index (χ4v) is 2.25. The molecule has 1 N–H and O–H groups in total. The molecule has 0 saturated carbocycles. The molecule has 1 amide bonds. The maximum Gasteiger partial charge on any atom is 0.410 e. The van der Waals surface area contributed by atoms with Gasteiger partial charge in [0.25, 0.3) is 0 Å². The normalized spacial score (nSPS) is 24.2. The second-order valence-corrected chi connectivity index (χ2v) is 4.58. The van der Waals surface area contributed by atoms with Gasteiger partial charge in [-0.25, -0.2) is 4.79 Å². The number of likely N-dealkylation sites (tertiary alicyclic amines) is 1. The summed E-state index contributed by atoms with van der Waals surface area (Å²) in [5, 5.41) is 8.77. The maximum atomic E-state index is 11.6. The third-order valence-corrected chi connectivity index (χ3v) is 2.79. The van der Waals surface area contributed by atoms with Gasteiger partial charge in [0.1, 0.15) is 6.61 Å². The van der Waals surface area contributed by atoms with Crippen molar-refractivity contribution in [2.45, 2.75) is 19.8 Å². The highest BCUT2D eigenvalue weighted by molar-refractivity contribution is 5.69. The van der Waals surface area contributed by atoms with E-state index in [4.69, 9.17) is 9.84 Å². The van der Waals surface area contributed by atoms with Crippen molar-refractivity contribution < 1.29 is 19.4 Å². The molecular formula is C12H19NO4. The number of carboxylic acids is 1. The number of ether oxygens (including phenoxy) is 1. The minimum absolute atomic E-state index is 0.0209. The van der Waals surface area contributed by atoms with Crippen LogP contribution < -0.4 is 0 Å². The van der Waals surface area contributed by atoms with Crippen molar-refractivity contribution in [2.24, 2.45) is 11.8 Å². The van der Waals surface area contributed by atoms with Crippen LogP contribution >= 0.6 is 0 Å². The van der Waals surface area contributed by atoms with Crippen LogP contribution in [0.15, 0.2) is 12.7 Å². The summed E-state index contributed by atoms with van der Waals surface area (Å²) in [5.41, 5.74) is 0. The summed E-state index contributed by atoms with van der Waals surface area (Å²) >= 11 is 0. The van der Waals surface area contributed by atoms with E-state index in [1.807, 2.05) is 6.92 Å². The van der Waals surface area contributed by atoms with Gasteiger partial charge in [-0.2, -0.15) is 0 Å². The van der Waals surface area contributed by atoms with Gasteiger partial charge in [-0.3, -0.25) is 4.79 Å². The van der Waals surface area contributed by atoms with E-state index < -0.39 is 5.97 Å². The molecular weight excluding hydrogens is 222 g/mol. The summed E-state index contributed by atoms with van der Waals surface area (Å²) in [6.45, 7) is 6.77. The van der Waals surface area contributed by atoms with Crippen LogP contribution in [-0.2, 0) is 9.53 Å². The average molecular weight is 241 g/mol. The Kier molecular flexibility index (Phi) is 5.00. The molecule has 0 aromatic heterocycles. The number of carbonyl (C=O) groups is 2. The molecule has 2 unspecified atom stereocenters. The predicted octanol–water partition coefficient (Wildman–Crippen LogP) is 1.74. The van der Waals surface area contributed by atoms with Gasteiger partial charge in [-0.1, -0.05) is 19.6 Å². The van der Waals surface area contributed by atoms with Gasteiger partial charge in [-0.05, 0) is 18.3 Å². The SMILES string of the molecule is C=CCOC(=O)N1CC(C)CC(CC(=O)O)C1. The lowest BCUT2D eigenvalue weighted by Crippen LogP contribution is -2.44. The maximum absolute atomic E-state index is 11.6. The monoisotopic (exact) mass is 241 g/mol. The first-order valence-corrected chi connectivity index (χ1v) is 5.77. The van der Waals surface area contributed by atoms with Gasteiger partial charge in [0, 0.05) is 19.5 Å². The molecule has 1 heterocycles. The van der Waals surface area contributed by atoms with Crippen LogP contribution in [0.3, 0.4) is 0 Å². The zero-order valence-electron chi connectivity index (χ0n) is 10.1. The van der Waals surface area contributed by atoms with Gasteiger partial charge in [0.2, 0.25) is 0 Å². The summed E-state index contributed by atoms with van der Waals surface area (Å²) < 4.78 is 4.95. The Balaban J connectivity index is 2.51. The zero-order chi connectivity index (χ0) is 12.8. The first kappa shape index (κ1) is 13.5. The zero-order valence-corrected chi connectivity index (χ0v) is 10.1. The fraction of sp³-hybridized carbons (Fsp3) is 0.667. The van der Waals surface area contributed by atoms with Crippen LogP contribution in [0, 0.1) is 11.8 Å². The van der Waals surface area contributed by atoms with Crippen molar-refractivity contribution in [3.05, 3.63) is 12.7 Å². The Bertz CT molecular complexity index is 303. The van der Waals surface area contributed by atoms with Gasteiger partial charge >= 0.3 is 12.1 Å². The van der Waals surface area contributed by atoms with Crippen LogP contribution in [0.25, 0.3) is 0 Å². The van der Waals surface area contributed by atoms with E-state index in [0.717, 1.165) is 6.42 Å². The number of piperidine rings is 1. The minimum Gasteiger partial charge on any atom is -0.481 e. The number of amides is 1. The quantitative estimate of drug-likeness (QED) is 0.761. The van der Waals surface area contributed by atoms with E-state index in [1.165, 1.54) is 6.08 Å². The lowest BCUT2D eigenvalue weighted by atomic mass is 9.88. The third-order valence-electron chi connectivity index (χ3n) is 2.79. The second-order valence-electron chi connectivity index (χ2n) is 4.58. The fourth-order valence-electron chi connectivity index (χ4n) is 2.25. The van der Waals surface area contributed by atoms with Gasteiger partial charge in [-0.15, -0.1) is 0 Å².